The fourth-order valence-electron chi connectivity index (χ4n) is 1.56. The molecule has 1 aliphatic rings. The first-order chi connectivity index (χ1) is 5.20. The van der Waals surface area contributed by atoms with E-state index in [2.05, 4.69) is 19.0 Å². The summed E-state index contributed by atoms with van der Waals surface area (Å²) in [4.78, 5) is 2.20. The maximum Gasteiger partial charge on any atom is 0.0568 e. The molecule has 1 rings (SSSR count). The summed E-state index contributed by atoms with van der Waals surface area (Å²) in [6.07, 6.45) is 4.74. The smallest absolute Gasteiger partial charge is 0.0568 e. The van der Waals surface area contributed by atoms with Crippen molar-refractivity contribution in [3.63, 3.8) is 0 Å². The van der Waals surface area contributed by atoms with Crippen LogP contribution in [0.2, 0.25) is 0 Å². The van der Waals surface area contributed by atoms with Crippen LogP contribution < -0.4 is 0 Å². The van der Waals surface area contributed by atoms with Gasteiger partial charge in [-0.2, -0.15) is 0 Å². The van der Waals surface area contributed by atoms with Gasteiger partial charge >= 0.3 is 0 Å². The number of nitrogens with zero attached hydrogens (tertiary/aromatic N) is 1. The van der Waals surface area contributed by atoms with Crippen LogP contribution in [0.1, 0.15) is 25.7 Å². The molecule has 2 atom stereocenters. The van der Waals surface area contributed by atoms with Gasteiger partial charge < -0.3 is 10.0 Å². The molecule has 0 spiro atoms. The Hall–Kier alpha value is -0.0800. The maximum absolute atomic E-state index is 9.26. The largest absolute Gasteiger partial charge is 0.393 e. The Balaban J connectivity index is 1.95. The van der Waals surface area contributed by atoms with Gasteiger partial charge in [0.05, 0.1) is 6.10 Å². The van der Waals surface area contributed by atoms with E-state index >= 15 is 0 Å². The molecule has 11 heavy (non-hydrogen) atoms. The summed E-state index contributed by atoms with van der Waals surface area (Å²) < 4.78 is 0. The summed E-state index contributed by atoms with van der Waals surface area (Å²) in [5.41, 5.74) is 0. The molecule has 2 nitrogen and oxygen atoms in total. The van der Waals surface area contributed by atoms with Crippen LogP contribution >= 0.6 is 0 Å². The van der Waals surface area contributed by atoms with Crippen molar-refractivity contribution in [2.75, 3.05) is 20.6 Å². The van der Waals surface area contributed by atoms with Gasteiger partial charge in [-0.15, -0.1) is 0 Å². The van der Waals surface area contributed by atoms with Crippen molar-refractivity contribution < 1.29 is 5.11 Å². The second-order valence-electron chi connectivity index (χ2n) is 3.85. The quantitative estimate of drug-likeness (QED) is 0.660. The predicted octanol–water partition coefficient (Wildman–Crippen LogP) is 1.10. The van der Waals surface area contributed by atoms with Gasteiger partial charge in [-0.3, -0.25) is 0 Å². The summed E-state index contributed by atoms with van der Waals surface area (Å²) in [7, 11) is 4.19. The van der Waals surface area contributed by atoms with Crippen LogP contribution in [0.15, 0.2) is 0 Å². The molecule has 1 saturated carbocycles. The van der Waals surface area contributed by atoms with Crippen molar-refractivity contribution in [1.82, 2.24) is 4.90 Å². The summed E-state index contributed by atoms with van der Waals surface area (Å²) in [6.45, 7) is 1.16. The monoisotopic (exact) mass is 157 g/mol. The molecular weight excluding hydrogens is 138 g/mol. The molecule has 0 aromatic carbocycles. The molecule has 2 unspecified atom stereocenters. The van der Waals surface area contributed by atoms with Crippen LogP contribution in [0.5, 0.6) is 0 Å². The summed E-state index contributed by atoms with van der Waals surface area (Å²) in [5, 5.41) is 9.26. The first-order valence-corrected chi connectivity index (χ1v) is 4.53. The fourth-order valence-corrected chi connectivity index (χ4v) is 1.56. The third kappa shape index (κ3) is 2.80. The first-order valence-electron chi connectivity index (χ1n) is 4.53. The van der Waals surface area contributed by atoms with Crippen LogP contribution in [0.4, 0.5) is 0 Å². The van der Waals surface area contributed by atoms with E-state index in [4.69, 9.17) is 0 Å². The topological polar surface area (TPSA) is 23.5 Å². The highest BCUT2D eigenvalue weighted by atomic mass is 16.3. The third-order valence-electron chi connectivity index (χ3n) is 2.56. The SMILES string of the molecule is CN(C)CCCC1CCC1O. The van der Waals surface area contributed by atoms with Crippen LogP contribution in [0.3, 0.4) is 0 Å². The van der Waals surface area contributed by atoms with E-state index in [1.807, 2.05) is 0 Å². The first kappa shape index (κ1) is 9.01. The zero-order valence-corrected chi connectivity index (χ0v) is 7.58. The van der Waals surface area contributed by atoms with E-state index in [0.717, 1.165) is 13.0 Å². The number of rotatable bonds is 4. The van der Waals surface area contributed by atoms with Gasteiger partial charge in [0.25, 0.3) is 0 Å². The minimum atomic E-state index is 0.0252. The Bertz CT molecular complexity index is 114. The second kappa shape index (κ2) is 4.07. The molecule has 0 aliphatic heterocycles. The fraction of sp³-hybridized carbons (Fsp3) is 1.00. The molecule has 0 heterocycles. The Morgan fingerprint density at radius 1 is 1.36 bits per heavy atom. The number of hydrogen-bond donors (Lipinski definition) is 1. The standard InChI is InChI=1S/C9H19NO/c1-10(2)7-3-4-8-5-6-9(8)11/h8-9,11H,3-7H2,1-2H3. The zero-order chi connectivity index (χ0) is 8.27. The predicted molar refractivity (Wildman–Crippen MR) is 46.5 cm³/mol. The van der Waals surface area contributed by atoms with Crippen molar-refractivity contribution in [2.45, 2.75) is 31.8 Å². The van der Waals surface area contributed by atoms with Gasteiger partial charge in [0, 0.05) is 0 Å². The van der Waals surface area contributed by atoms with Crippen LogP contribution in [-0.4, -0.2) is 36.8 Å². The van der Waals surface area contributed by atoms with Gasteiger partial charge in [-0.25, -0.2) is 0 Å². The Kier molecular flexibility index (Phi) is 3.34. The summed E-state index contributed by atoms with van der Waals surface area (Å²) in [5.74, 6) is 0.620. The van der Waals surface area contributed by atoms with E-state index in [0.29, 0.717) is 5.92 Å². The van der Waals surface area contributed by atoms with Crippen LogP contribution in [0, 0.1) is 5.92 Å². The minimum Gasteiger partial charge on any atom is -0.393 e. The molecular formula is C9H19NO. The highest BCUT2D eigenvalue weighted by molar-refractivity contribution is 4.79. The van der Waals surface area contributed by atoms with E-state index < -0.39 is 0 Å². The maximum atomic E-state index is 9.26. The normalized spacial score (nSPS) is 30.5. The van der Waals surface area contributed by atoms with E-state index in [1.54, 1.807) is 0 Å². The summed E-state index contributed by atoms with van der Waals surface area (Å²) in [6, 6.07) is 0. The average Bonchev–Trinajstić information content (AvgIpc) is 1.94. The van der Waals surface area contributed by atoms with Crippen molar-refractivity contribution in [3.05, 3.63) is 0 Å². The molecule has 0 aromatic rings. The highest BCUT2D eigenvalue weighted by Gasteiger charge is 2.27. The lowest BCUT2D eigenvalue weighted by atomic mass is 9.79. The second-order valence-corrected chi connectivity index (χ2v) is 3.85. The van der Waals surface area contributed by atoms with Gasteiger partial charge in [0.2, 0.25) is 0 Å². The molecule has 66 valence electrons. The molecule has 0 radical (unpaired) electrons. The molecule has 1 fully saturated rings. The molecule has 1 N–H and O–H groups in total. The van der Waals surface area contributed by atoms with Gasteiger partial charge in [0.1, 0.15) is 0 Å². The molecule has 1 aliphatic carbocycles. The molecule has 0 saturated heterocycles. The molecule has 0 aromatic heterocycles. The van der Waals surface area contributed by atoms with E-state index in [9.17, 15) is 5.11 Å². The minimum absolute atomic E-state index is 0.0252. The van der Waals surface area contributed by atoms with Gasteiger partial charge in [-0.05, 0) is 52.2 Å². The Morgan fingerprint density at radius 2 is 2.09 bits per heavy atom. The molecule has 0 amide bonds. The Labute approximate surface area is 69.2 Å². The van der Waals surface area contributed by atoms with Gasteiger partial charge in [0.15, 0.2) is 0 Å². The Morgan fingerprint density at radius 3 is 2.45 bits per heavy atom. The number of hydrogen-bond acceptors (Lipinski definition) is 2. The van der Waals surface area contributed by atoms with Crippen molar-refractivity contribution in [1.29, 1.82) is 0 Å². The van der Waals surface area contributed by atoms with Crippen LogP contribution in [0.25, 0.3) is 0 Å². The lowest BCUT2D eigenvalue weighted by Crippen LogP contribution is -2.31. The van der Waals surface area contributed by atoms with Crippen molar-refractivity contribution in [2.24, 2.45) is 5.92 Å². The molecule has 2 heteroatoms. The average molecular weight is 157 g/mol. The van der Waals surface area contributed by atoms with E-state index in [1.165, 1.54) is 19.3 Å². The van der Waals surface area contributed by atoms with Crippen molar-refractivity contribution in [3.8, 4) is 0 Å². The lowest BCUT2D eigenvalue weighted by Gasteiger charge is -2.32. The number of aliphatic hydroxyl groups is 1. The van der Waals surface area contributed by atoms with Gasteiger partial charge in [-0.1, -0.05) is 0 Å². The zero-order valence-electron chi connectivity index (χ0n) is 7.58. The van der Waals surface area contributed by atoms with Crippen molar-refractivity contribution >= 4 is 0 Å². The summed E-state index contributed by atoms with van der Waals surface area (Å²) >= 11 is 0. The highest BCUT2D eigenvalue weighted by Crippen LogP contribution is 2.30. The lowest BCUT2D eigenvalue weighted by molar-refractivity contribution is 0.0176. The van der Waals surface area contributed by atoms with E-state index in [-0.39, 0.29) is 6.10 Å². The van der Waals surface area contributed by atoms with Crippen LogP contribution in [-0.2, 0) is 0 Å². The number of aliphatic hydroxyl groups excluding tert-OH is 1. The third-order valence-corrected chi connectivity index (χ3v) is 2.56. The molecule has 0 bridgehead atoms.